The predicted molar refractivity (Wildman–Crippen MR) is 66.2 cm³/mol. The first-order valence-electron chi connectivity index (χ1n) is 6.61. The molecule has 0 N–H and O–H groups in total. The number of carbonyl (C=O) groups is 1. The molecule has 0 saturated heterocycles. The van der Waals surface area contributed by atoms with Gasteiger partial charge in [0.25, 0.3) is 0 Å². The standard InChI is InChI=1S/C14H24O2/c1-3-4-6-9-12(2)14(15)16-13-10-7-5-8-11-13/h9,13H,3-8,10-11H2,1-2H3. The zero-order valence-corrected chi connectivity index (χ0v) is 10.6. The summed E-state index contributed by atoms with van der Waals surface area (Å²) in [6.07, 6.45) is 11.3. The zero-order valence-electron chi connectivity index (χ0n) is 10.6. The van der Waals surface area contributed by atoms with Crippen molar-refractivity contribution >= 4 is 5.97 Å². The summed E-state index contributed by atoms with van der Waals surface area (Å²) in [5, 5.41) is 0. The van der Waals surface area contributed by atoms with Crippen LogP contribution in [-0.4, -0.2) is 12.1 Å². The second kappa shape index (κ2) is 7.48. The van der Waals surface area contributed by atoms with Gasteiger partial charge in [0.15, 0.2) is 0 Å². The van der Waals surface area contributed by atoms with Crippen LogP contribution in [0.2, 0.25) is 0 Å². The van der Waals surface area contributed by atoms with Crippen LogP contribution in [0.25, 0.3) is 0 Å². The molecular weight excluding hydrogens is 200 g/mol. The van der Waals surface area contributed by atoms with Crippen LogP contribution in [0.15, 0.2) is 11.6 Å². The third-order valence-corrected chi connectivity index (χ3v) is 3.16. The van der Waals surface area contributed by atoms with Crippen molar-refractivity contribution in [2.45, 2.75) is 71.3 Å². The molecule has 0 amide bonds. The molecule has 2 nitrogen and oxygen atoms in total. The maximum Gasteiger partial charge on any atom is 0.333 e. The maximum atomic E-state index is 11.7. The van der Waals surface area contributed by atoms with Crippen LogP contribution in [0.3, 0.4) is 0 Å². The summed E-state index contributed by atoms with van der Waals surface area (Å²) in [5.74, 6) is -0.108. The number of allylic oxidation sites excluding steroid dienone is 1. The first kappa shape index (κ1) is 13.3. The summed E-state index contributed by atoms with van der Waals surface area (Å²) in [6.45, 7) is 4.02. The van der Waals surface area contributed by atoms with Gasteiger partial charge in [-0.1, -0.05) is 32.3 Å². The lowest BCUT2D eigenvalue weighted by Crippen LogP contribution is -2.21. The molecule has 0 aromatic heterocycles. The van der Waals surface area contributed by atoms with Gasteiger partial charge in [-0.25, -0.2) is 4.79 Å². The van der Waals surface area contributed by atoms with Crippen LogP contribution in [0, 0.1) is 0 Å². The molecule has 92 valence electrons. The predicted octanol–water partition coefficient (Wildman–Crippen LogP) is 4.00. The van der Waals surface area contributed by atoms with E-state index in [-0.39, 0.29) is 12.1 Å². The van der Waals surface area contributed by atoms with Crippen LogP contribution >= 0.6 is 0 Å². The smallest absolute Gasteiger partial charge is 0.333 e. The van der Waals surface area contributed by atoms with Gasteiger partial charge in [0.1, 0.15) is 6.10 Å². The molecule has 0 aromatic rings. The fourth-order valence-corrected chi connectivity index (χ4v) is 2.03. The van der Waals surface area contributed by atoms with Gasteiger partial charge < -0.3 is 4.74 Å². The SMILES string of the molecule is CCCCC=C(C)C(=O)OC1CCCCC1. The van der Waals surface area contributed by atoms with Crippen molar-refractivity contribution in [3.8, 4) is 0 Å². The quantitative estimate of drug-likeness (QED) is 0.401. The lowest BCUT2D eigenvalue weighted by molar-refractivity contribution is -0.145. The third-order valence-electron chi connectivity index (χ3n) is 3.16. The molecule has 2 heteroatoms. The topological polar surface area (TPSA) is 26.3 Å². The van der Waals surface area contributed by atoms with E-state index in [4.69, 9.17) is 4.74 Å². The number of hydrogen-bond acceptors (Lipinski definition) is 2. The average Bonchev–Trinajstić information content (AvgIpc) is 2.30. The van der Waals surface area contributed by atoms with Crippen molar-refractivity contribution in [1.82, 2.24) is 0 Å². The molecule has 1 aliphatic carbocycles. The Kier molecular flexibility index (Phi) is 6.20. The molecule has 0 aromatic carbocycles. The summed E-state index contributed by atoms with van der Waals surface area (Å²) >= 11 is 0. The molecule has 0 heterocycles. The average molecular weight is 224 g/mol. The minimum Gasteiger partial charge on any atom is -0.459 e. The summed E-state index contributed by atoms with van der Waals surface area (Å²) in [5.41, 5.74) is 0.777. The molecular formula is C14H24O2. The first-order chi connectivity index (χ1) is 7.74. The van der Waals surface area contributed by atoms with Crippen LogP contribution in [-0.2, 0) is 9.53 Å². The molecule has 0 aliphatic heterocycles. The molecule has 16 heavy (non-hydrogen) atoms. The highest BCUT2D eigenvalue weighted by Crippen LogP contribution is 2.21. The van der Waals surface area contributed by atoms with Gasteiger partial charge in [0.05, 0.1) is 0 Å². The van der Waals surface area contributed by atoms with Crippen molar-refractivity contribution in [1.29, 1.82) is 0 Å². The highest BCUT2D eigenvalue weighted by atomic mass is 16.5. The van der Waals surface area contributed by atoms with Crippen molar-refractivity contribution < 1.29 is 9.53 Å². The molecule has 0 unspecified atom stereocenters. The summed E-state index contributed by atoms with van der Waals surface area (Å²) in [7, 11) is 0. The zero-order chi connectivity index (χ0) is 11.8. The monoisotopic (exact) mass is 224 g/mol. The van der Waals surface area contributed by atoms with E-state index >= 15 is 0 Å². The minimum atomic E-state index is -0.108. The van der Waals surface area contributed by atoms with Crippen molar-refractivity contribution in [2.24, 2.45) is 0 Å². The number of carbonyl (C=O) groups excluding carboxylic acids is 1. The molecule has 1 rings (SSSR count). The van der Waals surface area contributed by atoms with E-state index in [0.717, 1.165) is 31.3 Å². The molecule has 0 radical (unpaired) electrons. The van der Waals surface area contributed by atoms with Crippen molar-refractivity contribution in [3.63, 3.8) is 0 Å². The van der Waals surface area contributed by atoms with Crippen molar-refractivity contribution in [3.05, 3.63) is 11.6 Å². The molecule has 0 atom stereocenters. The lowest BCUT2D eigenvalue weighted by atomic mass is 9.98. The summed E-state index contributed by atoms with van der Waals surface area (Å²) in [4.78, 5) is 11.7. The van der Waals surface area contributed by atoms with Crippen molar-refractivity contribution in [2.75, 3.05) is 0 Å². The van der Waals surface area contributed by atoms with Crippen LogP contribution in [0.4, 0.5) is 0 Å². The van der Waals surface area contributed by atoms with E-state index in [1.165, 1.54) is 25.7 Å². The van der Waals surface area contributed by atoms with Gasteiger partial charge in [-0.2, -0.15) is 0 Å². The maximum absolute atomic E-state index is 11.7. The van der Waals surface area contributed by atoms with Crippen LogP contribution in [0.1, 0.15) is 65.2 Å². The Morgan fingerprint density at radius 3 is 2.62 bits per heavy atom. The molecule has 1 aliphatic rings. The van der Waals surface area contributed by atoms with Gasteiger partial charge in [-0.3, -0.25) is 0 Å². The minimum absolute atomic E-state index is 0.108. The Hall–Kier alpha value is -0.790. The highest BCUT2D eigenvalue weighted by molar-refractivity contribution is 5.87. The highest BCUT2D eigenvalue weighted by Gasteiger charge is 2.18. The number of ether oxygens (including phenoxy) is 1. The van der Waals surface area contributed by atoms with E-state index in [1.54, 1.807) is 0 Å². The van der Waals surface area contributed by atoms with Gasteiger partial charge in [0, 0.05) is 5.57 Å². The molecule has 1 saturated carbocycles. The number of esters is 1. The summed E-state index contributed by atoms with van der Waals surface area (Å²) < 4.78 is 5.48. The fourth-order valence-electron chi connectivity index (χ4n) is 2.03. The first-order valence-corrected chi connectivity index (χ1v) is 6.61. The van der Waals surface area contributed by atoms with Crippen LogP contribution in [0.5, 0.6) is 0 Å². The Morgan fingerprint density at radius 2 is 2.00 bits per heavy atom. The van der Waals surface area contributed by atoms with E-state index in [9.17, 15) is 4.79 Å². The fraction of sp³-hybridized carbons (Fsp3) is 0.786. The lowest BCUT2D eigenvalue weighted by Gasteiger charge is -2.21. The van der Waals surface area contributed by atoms with E-state index < -0.39 is 0 Å². The Morgan fingerprint density at radius 1 is 1.31 bits per heavy atom. The third kappa shape index (κ3) is 4.82. The Balaban J connectivity index is 2.29. The van der Waals surface area contributed by atoms with Gasteiger partial charge in [-0.15, -0.1) is 0 Å². The van der Waals surface area contributed by atoms with Gasteiger partial charge in [-0.05, 0) is 39.0 Å². The number of hydrogen-bond donors (Lipinski definition) is 0. The van der Waals surface area contributed by atoms with E-state index in [0.29, 0.717) is 0 Å². The van der Waals surface area contributed by atoms with E-state index in [1.807, 2.05) is 13.0 Å². The largest absolute Gasteiger partial charge is 0.459 e. The number of unbranched alkanes of at least 4 members (excludes halogenated alkanes) is 2. The Bertz CT molecular complexity index is 237. The van der Waals surface area contributed by atoms with Gasteiger partial charge >= 0.3 is 5.97 Å². The number of rotatable bonds is 5. The molecule has 0 bridgehead atoms. The second-order valence-corrected chi connectivity index (χ2v) is 4.69. The second-order valence-electron chi connectivity index (χ2n) is 4.69. The molecule has 1 fully saturated rings. The van der Waals surface area contributed by atoms with Gasteiger partial charge in [0.2, 0.25) is 0 Å². The Labute approximate surface area is 99.1 Å². The van der Waals surface area contributed by atoms with E-state index in [2.05, 4.69) is 6.92 Å². The summed E-state index contributed by atoms with van der Waals surface area (Å²) in [6, 6.07) is 0. The van der Waals surface area contributed by atoms with Crippen LogP contribution < -0.4 is 0 Å². The normalized spacial score (nSPS) is 18.5. The molecule has 0 spiro atoms.